The van der Waals surface area contributed by atoms with Crippen LogP contribution >= 0.6 is 15.9 Å². The molecule has 0 heterocycles. The van der Waals surface area contributed by atoms with Crippen LogP contribution < -0.4 is 4.74 Å². The van der Waals surface area contributed by atoms with E-state index in [0.29, 0.717) is 11.7 Å². The van der Waals surface area contributed by atoms with Crippen molar-refractivity contribution in [1.29, 1.82) is 0 Å². The Balaban J connectivity index is 1.80. The highest BCUT2D eigenvalue weighted by Gasteiger charge is 2.42. The van der Waals surface area contributed by atoms with Crippen LogP contribution in [0.3, 0.4) is 0 Å². The maximum atomic E-state index is 13.7. The van der Waals surface area contributed by atoms with Crippen LogP contribution in [0.2, 0.25) is 0 Å². The summed E-state index contributed by atoms with van der Waals surface area (Å²) >= 11 is 3.79. The number of ether oxygens (including phenoxy) is 1. The number of methoxy groups -OCH3 is 1. The van der Waals surface area contributed by atoms with Crippen LogP contribution in [-0.4, -0.2) is 7.11 Å². The van der Waals surface area contributed by atoms with E-state index in [1.807, 2.05) is 6.07 Å². The molecule has 0 amide bonds. The summed E-state index contributed by atoms with van der Waals surface area (Å²) < 4.78 is 18.7. The fourth-order valence-corrected chi connectivity index (χ4v) is 4.69. The van der Waals surface area contributed by atoms with Crippen molar-refractivity contribution in [2.75, 3.05) is 7.11 Å². The van der Waals surface area contributed by atoms with Gasteiger partial charge in [0.1, 0.15) is 0 Å². The van der Waals surface area contributed by atoms with Crippen molar-refractivity contribution in [3.05, 3.63) is 29.6 Å². The monoisotopic (exact) mass is 312 g/mol. The zero-order valence-electron chi connectivity index (χ0n) is 10.5. The SMILES string of the molecule is COc1ccc(C(Br)C2CC3CCC2C3)cc1F. The van der Waals surface area contributed by atoms with Gasteiger partial charge in [0.2, 0.25) is 0 Å². The molecule has 0 saturated heterocycles. The molecule has 2 fully saturated rings. The molecule has 2 saturated carbocycles. The standard InChI is InChI=1S/C15H18BrFO/c1-18-14-5-4-11(8-13(14)17)15(16)12-7-9-2-3-10(12)6-9/h4-5,8-10,12,15H,2-3,6-7H2,1H3. The van der Waals surface area contributed by atoms with Crippen molar-refractivity contribution < 1.29 is 9.13 Å². The van der Waals surface area contributed by atoms with Crippen LogP contribution in [-0.2, 0) is 0 Å². The van der Waals surface area contributed by atoms with Crippen molar-refractivity contribution >= 4 is 15.9 Å². The van der Waals surface area contributed by atoms with Crippen molar-refractivity contribution in [1.82, 2.24) is 0 Å². The first-order chi connectivity index (χ1) is 8.69. The minimum atomic E-state index is -0.261. The van der Waals surface area contributed by atoms with Crippen LogP contribution in [0, 0.1) is 23.6 Å². The highest BCUT2D eigenvalue weighted by Crippen LogP contribution is 2.54. The summed E-state index contributed by atoms with van der Waals surface area (Å²) in [6, 6.07) is 5.32. The minimum absolute atomic E-state index is 0.261. The molecule has 0 aromatic heterocycles. The molecule has 98 valence electrons. The van der Waals surface area contributed by atoms with Gasteiger partial charge in [-0.3, -0.25) is 0 Å². The van der Waals surface area contributed by atoms with Crippen LogP contribution in [0.25, 0.3) is 0 Å². The third-order valence-electron chi connectivity index (χ3n) is 4.66. The number of rotatable bonds is 3. The number of halogens is 2. The Hall–Kier alpha value is -0.570. The molecule has 2 aliphatic carbocycles. The summed E-state index contributed by atoms with van der Waals surface area (Å²) in [4.78, 5) is 0.285. The molecule has 4 atom stereocenters. The van der Waals surface area contributed by atoms with Crippen LogP contribution in [0.15, 0.2) is 18.2 Å². The molecule has 2 aliphatic rings. The second kappa shape index (κ2) is 4.84. The second-order valence-electron chi connectivity index (χ2n) is 5.63. The number of hydrogen-bond donors (Lipinski definition) is 0. The summed E-state index contributed by atoms with van der Waals surface area (Å²) in [6.07, 6.45) is 5.44. The first-order valence-electron chi connectivity index (χ1n) is 6.66. The highest BCUT2D eigenvalue weighted by atomic mass is 79.9. The normalized spacial score (nSPS) is 31.6. The Kier molecular flexibility index (Phi) is 3.35. The Labute approximate surface area is 116 Å². The number of fused-ring (bicyclic) bond motifs is 2. The van der Waals surface area contributed by atoms with E-state index in [1.165, 1.54) is 32.8 Å². The lowest BCUT2D eigenvalue weighted by molar-refractivity contribution is 0.328. The van der Waals surface area contributed by atoms with Crippen LogP contribution in [0.4, 0.5) is 4.39 Å². The average molecular weight is 313 g/mol. The lowest BCUT2D eigenvalue weighted by atomic mass is 9.84. The van der Waals surface area contributed by atoms with Gasteiger partial charge in [0.25, 0.3) is 0 Å². The molecule has 1 aromatic carbocycles. The Bertz CT molecular complexity index is 448. The largest absolute Gasteiger partial charge is 0.494 e. The van der Waals surface area contributed by atoms with Gasteiger partial charge in [-0.15, -0.1) is 0 Å². The molecule has 3 rings (SSSR count). The molecule has 0 aliphatic heterocycles. The fraction of sp³-hybridized carbons (Fsp3) is 0.600. The molecule has 0 N–H and O–H groups in total. The van der Waals surface area contributed by atoms with Gasteiger partial charge in [0.05, 0.1) is 7.11 Å². The van der Waals surface area contributed by atoms with Crippen LogP contribution in [0.5, 0.6) is 5.75 Å². The molecule has 1 aromatic rings. The van der Waals surface area contributed by atoms with Crippen molar-refractivity contribution in [3.8, 4) is 5.75 Å². The van der Waals surface area contributed by atoms with E-state index in [4.69, 9.17) is 4.74 Å². The summed E-state index contributed by atoms with van der Waals surface area (Å²) in [7, 11) is 1.50. The maximum Gasteiger partial charge on any atom is 0.165 e. The third kappa shape index (κ3) is 2.07. The quantitative estimate of drug-likeness (QED) is 0.735. The van der Waals surface area contributed by atoms with E-state index < -0.39 is 0 Å². The molecular formula is C15H18BrFO. The fourth-order valence-electron chi connectivity index (χ4n) is 3.75. The lowest BCUT2D eigenvalue weighted by Crippen LogP contribution is -2.15. The van der Waals surface area contributed by atoms with E-state index in [9.17, 15) is 4.39 Å². The predicted octanol–water partition coefficient (Wildman–Crippen LogP) is 4.71. The molecule has 3 heteroatoms. The van der Waals surface area contributed by atoms with Gasteiger partial charge in [-0.2, -0.15) is 0 Å². The Morgan fingerprint density at radius 3 is 2.72 bits per heavy atom. The molecule has 4 unspecified atom stereocenters. The van der Waals surface area contributed by atoms with Crippen molar-refractivity contribution in [2.45, 2.75) is 30.5 Å². The summed E-state index contributed by atoms with van der Waals surface area (Å²) in [5.41, 5.74) is 1.05. The second-order valence-corrected chi connectivity index (χ2v) is 6.62. The highest BCUT2D eigenvalue weighted by molar-refractivity contribution is 9.09. The lowest BCUT2D eigenvalue weighted by Gasteiger charge is -2.27. The van der Waals surface area contributed by atoms with Crippen molar-refractivity contribution in [3.63, 3.8) is 0 Å². The third-order valence-corrected chi connectivity index (χ3v) is 5.87. The summed E-state index contributed by atoms with van der Waals surface area (Å²) in [6.45, 7) is 0. The number of alkyl halides is 1. The summed E-state index contributed by atoms with van der Waals surface area (Å²) in [5.74, 6) is 2.50. The number of benzene rings is 1. The smallest absolute Gasteiger partial charge is 0.165 e. The van der Waals surface area contributed by atoms with Gasteiger partial charge < -0.3 is 4.74 Å². The minimum Gasteiger partial charge on any atom is -0.494 e. The topological polar surface area (TPSA) is 9.23 Å². The molecule has 2 bridgehead atoms. The average Bonchev–Trinajstić information content (AvgIpc) is 3.00. The zero-order valence-corrected chi connectivity index (χ0v) is 12.1. The molecule has 18 heavy (non-hydrogen) atoms. The van der Waals surface area contributed by atoms with Gasteiger partial charge in [-0.25, -0.2) is 4.39 Å². The Morgan fingerprint density at radius 2 is 2.17 bits per heavy atom. The van der Waals surface area contributed by atoms with E-state index in [0.717, 1.165) is 17.4 Å². The number of hydrogen-bond acceptors (Lipinski definition) is 1. The van der Waals surface area contributed by atoms with E-state index in [1.54, 1.807) is 12.1 Å². The van der Waals surface area contributed by atoms with E-state index in [-0.39, 0.29) is 10.6 Å². The molecule has 0 spiro atoms. The van der Waals surface area contributed by atoms with Crippen LogP contribution in [0.1, 0.15) is 36.1 Å². The molecule has 1 nitrogen and oxygen atoms in total. The first-order valence-corrected chi connectivity index (χ1v) is 7.58. The van der Waals surface area contributed by atoms with Gasteiger partial charge >= 0.3 is 0 Å². The zero-order chi connectivity index (χ0) is 12.7. The summed E-state index contributed by atoms with van der Waals surface area (Å²) in [5, 5.41) is 0. The van der Waals surface area contributed by atoms with E-state index >= 15 is 0 Å². The maximum absolute atomic E-state index is 13.7. The Morgan fingerprint density at radius 1 is 1.33 bits per heavy atom. The van der Waals surface area contributed by atoms with Crippen molar-refractivity contribution in [2.24, 2.45) is 17.8 Å². The van der Waals surface area contributed by atoms with E-state index in [2.05, 4.69) is 15.9 Å². The van der Waals surface area contributed by atoms with Gasteiger partial charge in [0.15, 0.2) is 11.6 Å². The van der Waals surface area contributed by atoms with Gasteiger partial charge in [-0.05, 0) is 54.7 Å². The molecular weight excluding hydrogens is 295 g/mol. The first kappa shape index (κ1) is 12.5. The van der Waals surface area contributed by atoms with Gasteiger partial charge in [-0.1, -0.05) is 28.4 Å². The van der Waals surface area contributed by atoms with Gasteiger partial charge in [0, 0.05) is 4.83 Å². The molecule has 0 radical (unpaired) electrons. The predicted molar refractivity (Wildman–Crippen MR) is 73.6 cm³/mol.